The first-order valence-electron chi connectivity index (χ1n) is 11.1. The highest BCUT2D eigenvalue weighted by Crippen LogP contribution is 2.29. The fourth-order valence-corrected chi connectivity index (χ4v) is 4.72. The lowest BCUT2D eigenvalue weighted by Crippen LogP contribution is -2.34. The standard InChI is InChI=1S/C26H25N5O2S/c1-20(32)31(24-6-3-2-4-7-24)26-28-22(19-34-26)10-13-25(33)30-15-5-14-29(16-17-30)23-11-8-21(18-27)9-12-23/h2-4,6-13,19H,5,14-17H2,1H3/b13-10+. The third-order valence-electron chi connectivity index (χ3n) is 5.60. The van der Waals surface area contributed by atoms with Gasteiger partial charge in [-0.3, -0.25) is 14.5 Å². The lowest BCUT2D eigenvalue weighted by molar-refractivity contribution is -0.125. The van der Waals surface area contributed by atoms with Crippen LogP contribution in [0.2, 0.25) is 0 Å². The molecule has 1 fully saturated rings. The van der Waals surface area contributed by atoms with Crippen molar-refractivity contribution >= 4 is 45.7 Å². The number of thiazole rings is 1. The van der Waals surface area contributed by atoms with Crippen molar-refractivity contribution < 1.29 is 9.59 Å². The maximum atomic E-state index is 12.8. The normalized spacial score (nSPS) is 14.0. The SMILES string of the molecule is CC(=O)N(c1ccccc1)c1nc(/C=C/C(=O)N2CCCN(c3ccc(C#N)cc3)CC2)cs1. The fraction of sp³-hybridized carbons (Fsp3) is 0.231. The van der Waals surface area contributed by atoms with Gasteiger partial charge in [0, 0.05) is 50.2 Å². The summed E-state index contributed by atoms with van der Waals surface area (Å²) in [7, 11) is 0. The van der Waals surface area contributed by atoms with Crippen LogP contribution in [0, 0.1) is 11.3 Å². The molecule has 4 rings (SSSR count). The molecule has 7 nitrogen and oxygen atoms in total. The largest absolute Gasteiger partial charge is 0.370 e. The Labute approximate surface area is 203 Å². The zero-order valence-electron chi connectivity index (χ0n) is 18.9. The van der Waals surface area contributed by atoms with Gasteiger partial charge >= 0.3 is 0 Å². The van der Waals surface area contributed by atoms with Crippen molar-refractivity contribution in [1.29, 1.82) is 5.26 Å². The summed E-state index contributed by atoms with van der Waals surface area (Å²) in [6.07, 6.45) is 4.12. The van der Waals surface area contributed by atoms with Crippen molar-refractivity contribution in [2.45, 2.75) is 13.3 Å². The third-order valence-corrected chi connectivity index (χ3v) is 6.44. The van der Waals surface area contributed by atoms with Gasteiger partial charge in [0.25, 0.3) is 0 Å². The van der Waals surface area contributed by atoms with E-state index in [2.05, 4.69) is 16.0 Å². The van der Waals surface area contributed by atoms with Crippen LogP contribution in [0.4, 0.5) is 16.5 Å². The van der Waals surface area contributed by atoms with Crippen LogP contribution < -0.4 is 9.80 Å². The molecule has 34 heavy (non-hydrogen) atoms. The minimum Gasteiger partial charge on any atom is -0.370 e. The molecule has 1 aliphatic heterocycles. The molecule has 0 saturated carbocycles. The second-order valence-electron chi connectivity index (χ2n) is 7.90. The smallest absolute Gasteiger partial charge is 0.246 e. The minimum atomic E-state index is -0.122. The van der Waals surface area contributed by atoms with Gasteiger partial charge in [-0.15, -0.1) is 11.3 Å². The second kappa shape index (κ2) is 10.8. The third kappa shape index (κ3) is 5.50. The van der Waals surface area contributed by atoms with E-state index in [0.29, 0.717) is 29.5 Å². The van der Waals surface area contributed by atoms with Gasteiger partial charge in [0.15, 0.2) is 5.13 Å². The Morgan fingerprint density at radius 2 is 1.82 bits per heavy atom. The van der Waals surface area contributed by atoms with Crippen LogP contribution in [-0.4, -0.2) is 47.9 Å². The number of nitriles is 1. The van der Waals surface area contributed by atoms with Gasteiger partial charge < -0.3 is 9.80 Å². The molecule has 0 unspecified atom stereocenters. The van der Waals surface area contributed by atoms with E-state index in [0.717, 1.165) is 30.9 Å². The Morgan fingerprint density at radius 1 is 1.06 bits per heavy atom. The Bertz CT molecular complexity index is 1210. The zero-order chi connectivity index (χ0) is 23.9. The van der Waals surface area contributed by atoms with E-state index in [-0.39, 0.29) is 11.8 Å². The number of carbonyl (C=O) groups excluding carboxylic acids is 2. The van der Waals surface area contributed by atoms with Crippen LogP contribution in [0.3, 0.4) is 0 Å². The first-order chi connectivity index (χ1) is 16.5. The molecule has 2 amide bonds. The number of benzene rings is 2. The van der Waals surface area contributed by atoms with Crippen molar-refractivity contribution in [3.05, 3.63) is 77.3 Å². The minimum absolute atomic E-state index is 0.0530. The lowest BCUT2D eigenvalue weighted by Gasteiger charge is -2.23. The van der Waals surface area contributed by atoms with Crippen LogP contribution in [0.25, 0.3) is 6.08 Å². The van der Waals surface area contributed by atoms with E-state index in [9.17, 15) is 9.59 Å². The average molecular weight is 472 g/mol. The van der Waals surface area contributed by atoms with Gasteiger partial charge in [0.1, 0.15) is 0 Å². The second-order valence-corrected chi connectivity index (χ2v) is 8.74. The van der Waals surface area contributed by atoms with E-state index in [1.807, 2.05) is 64.9 Å². The summed E-state index contributed by atoms with van der Waals surface area (Å²) in [4.78, 5) is 35.2. The van der Waals surface area contributed by atoms with Crippen molar-refractivity contribution in [1.82, 2.24) is 9.88 Å². The molecular formula is C26H25N5O2S. The summed E-state index contributed by atoms with van der Waals surface area (Å²) in [6.45, 7) is 4.40. The molecule has 8 heteroatoms. The van der Waals surface area contributed by atoms with E-state index < -0.39 is 0 Å². The van der Waals surface area contributed by atoms with Crippen molar-refractivity contribution in [2.24, 2.45) is 0 Å². The molecule has 0 radical (unpaired) electrons. The summed E-state index contributed by atoms with van der Waals surface area (Å²) in [5.74, 6) is -0.175. The number of aromatic nitrogens is 1. The van der Waals surface area contributed by atoms with Crippen LogP contribution in [-0.2, 0) is 9.59 Å². The van der Waals surface area contributed by atoms with E-state index in [1.165, 1.54) is 18.3 Å². The Balaban J connectivity index is 1.39. The number of hydrogen-bond acceptors (Lipinski definition) is 6. The summed E-state index contributed by atoms with van der Waals surface area (Å²) in [5.41, 5.74) is 3.10. The predicted molar refractivity (Wildman–Crippen MR) is 135 cm³/mol. The Morgan fingerprint density at radius 3 is 2.53 bits per heavy atom. The molecule has 0 spiro atoms. The van der Waals surface area contributed by atoms with Gasteiger partial charge in [-0.05, 0) is 48.9 Å². The molecule has 2 aromatic carbocycles. The number of para-hydroxylation sites is 1. The zero-order valence-corrected chi connectivity index (χ0v) is 19.7. The van der Waals surface area contributed by atoms with Gasteiger partial charge in [0.05, 0.1) is 23.0 Å². The summed E-state index contributed by atoms with van der Waals surface area (Å²) in [6, 6.07) is 19.1. The Hall–Kier alpha value is -3.96. The van der Waals surface area contributed by atoms with Crippen molar-refractivity contribution in [2.75, 3.05) is 36.0 Å². The molecular weight excluding hydrogens is 446 g/mol. The van der Waals surface area contributed by atoms with Crippen LogP contribution in [0.1, 0.15) is 24.6 Å². The molecule has 0 aliphatic carbocycles. The molecule has 0 atom stereocenters. The van der Waals surface area contributed by atoms with Crippen LogP contribution in [0.15, 0.2) is 66.1 Å². The van der Waals surface area contributed by atoms with Gasteiger partial charge in [-0.1, -0.05) is 18.2 Å². The number of carbonyl (C=O) groups is 2. The van der Waals surface area contributed by atoms with Crippen LogP contribution >= 0.6 is 11.3 Å². The summed E-state index contributed by atoms with van der Waals surface area (Å²) >= 11 is 1.36. The van der Waals surface area contributed by atoms with Crippen molar-refractivity contribution in [3.63, 3.8) is 0 Å². The number of nitrogens with zero attached hydrogens (tertiary/aromatic N) is 5. The molecule has 1 aliphatic rings. The molecule has 1 aromatic heterocycles. The highest BCUT2D eigenvalue weighted by Gasteiger charge is 2.19. The van der Waals surface area contributed by atoms with Gasteiger partial charge in [-0.2, -0.15) is 5.26 Å². The van der Waals surface area contributed by atoms with E-state index in [1.54, 1.807) is 17.1 Å². The molecule has 2 heterocycles. The highest BCUT2D eigenvalue weighted by atomic mass is 32.1. The number of anilines is 3. The van der Waals surface area contributed by atoms with E-state index in [4.69, 9.17) is 5.26 Å². The fourth-order valence-electron chi connectivity index (χ4n) is 3.86. The molecule has 0 N–H and O–H groups in total. The Kier molecular flexibility index (Phi) is 7.35. The molecule has 0 bridgehead atoms. The summed E-state index contributed by atoms with van der Waals surface area (Å²) in [5, 5.41) is 11.4. The van der Waals surface area contributed by atoms with Gasteiger partial charge in [0.2, 0.25) is 11.8 Å². The van der Waals surface area contributed by atoms with E-state index >= 15 is 0 Å². The lowest BCUT2D eigenvalue weighted by atomic mass is 10.2. The quantitative estimate of drug-likeness (QED) is 0.514. The molecule has 172 valence electrons. The molecule has 1 saturated heterocycles. The first kappa shape index (κ1) is 23.2. The highest BCUT2D eigenvalue weighted by molar-refractivity contribution is 7.14. The van der Waals surface area contributed by atoms with Crippen LogP contribution in [0.5, 0.6) is 0 Å². The maximum absolute atomic E-state index is 12.8. The van der Waals surface area contributed by atoms with Gasteiger partial charge in [-0.25, -0.2) is 4.98 Å². The topological polar surface area (TPSA) is 80.5 Å². The number of amides is 2. The monoisotopic (exact) mass is 471 g/mol. The maximum Gasteiger partial charge on any atom is 0.246 e. The van der Waals surface area contributed by atoms with Crippen molar-refractivity contribution in [3.8, 4) is 6.07 Å². The number of rotatable bonds is 5. The number of hydrogen-bond donors (Lipinski definition) is 0. The molecule has 3 aromatic rings. The average Bonchev–Trinajstić information content (AvgIpc) is 3.17. The summed E-state index contributed by atoms with van der Waals surface area (Å²) < 4.78 is 0. The predicted octanol–water partition coefficient (Wildman–Crippen LogP) is 4.45. The first-order valence-corrected chi connectivity index (χ1v) is 12.0.